The Morgan fingerprint density at radius 2 is 1.84 bits per heavy atom. The lowest BCUT2D eigenvalue weighted by Gasteiger charge is -2.30. The second-order valence-electron chi connectivity index (χ2n) is 8.01. The minimum absolute atomic E-state index is 0.358. The van der Waals surface area contributed by atoms with Gasteiger partial charge in [0.05, 0.1) is 10.6 Å². The number of benzene rings is 2. The van der Waals surface area contributed by atoms with E-state index in [1.807, 2.05) is 19.1 Å². The predicted octanol–water partition coefficient (Wildman–Crippen LogP) is 5.63. The number of halogens is 4. The van der Waals surface area contributed by atoms with Crippen molar-refractivity contribution < 1.29 is 13.2 Å². The van der Waals surface area contributed by atoms with E-state index in [1.165, 1.54) is 12.1 Å². The zero-order valence-electron chi connectivity index (χ0n) is 17.2. The van der Waals surface area contributed by atoms with Crippen molar-refractivity contribution in [3.8, 4) is 22.8 Å². The molecule has 2 aromatic carbocycles. The molecule has 3 aromatic rings. The van der Waals surface area contributed by atoms with Gasteiger partial charge in [0, 0.05) is 22.9 Å². The molecule has 0 saturated carbocycles. The van der Waals surface area contributed by atoms with Crippen molar-refractivity contribution in [2.45, 2.75) is 32.0 Å². The molecule has 1 aliphatic heterocycles. The number of nitrogens with zero attached hydrogens (tertiary/aromatic N) is 3. The lowest BCUT2D eigenvalue weighted by Crippen LogP contribution is -2.36. The van der Waals surface area contributed by atoms with Crippen LogP contribution in [-0.2, 0) is 6.18 Å². The number of anilines is 1. The summed E-state index contributed by atoms with van der Waals surface area (Å²) in [6, 6.07) is 10.0. The van der Waals surface area contributed by atoms with Crippen LogP contribution in [0.2, 0.25) is 5.02 Å². The summed E-state index contributed by atoms with van der Waals surface area (Å²) in [7, 11) is 2.13. The molecule has 0 radical (unpaired) electrons. The molecule has 2 heterocycles. The maximum Gasteiger partial charge on any atom is 0.417 e. The normalized spacial score (nSPS) is 15.9. The summed E-state index contributed by atoms with van der Waals surface area (Å²) in [6.07, 6.45) is -2.33. The molecule has 5 nitrogen and oxygen atoms in total. The van der Waals surface area contributed by atoms with Crippen LogP contribution < -0.4 is 5.32 Å². The van der Waals surface area contributed by atoms with Crippen LogP contribution >= 0.6 is 11.6 Å². The van der Waals surface area contributed by atoms with Crippen molar-refractivity contribution in [2.24, 2.45) is 0 Å². The Morgan fingerprint density at radius 1 is 1.10 bits per heavy atom. The number of aryl methyl sites for hydroxylation is 1. The summed E-state index contributed by atoms with van der Waals surface area (Å²) in [4.78, 5) is 6.80. The maximum absolute atomic E-state index is 12.9. The number of hydrogen-bond donors (Lipinski definition) is 2. The predicted molar refractivity (Wildman–Crippen MR) is 116 cm³/mol. The van der Waals surface area contributed by atoms with Crippen molar-refractivity contribution in [3.05, 3.63) is 52.5 Å². The van der Waals surface area contributed by atoms with E-state index in [9.17, 15) is 13.2 Å². The van der Waals surface area contributed by atoms with E-state index in [1.54, 1.807) is 0 Å². The highest BCUT2D eigenvalue weighted by atomic mass is 35.5. The van der Waals surface area contributed by atoms with Crippen LogP contribution in [0.15, 0.2) is 36.4 Å². The van der Waals surface area contributed by atoms with Crippen LogP contribution in [0.4, 0.5) is 18.9 Å². The van der Waals surface area contributed by atoms with Crippen LogP contribution in [0.25, 0.3) is 22.8 Å². The Hall–Kier alpha value is -2.58. The molecular formula is C22H23ClF3N5. The smallest absolute Gasteiger partial charge is 0.382 e. The van der Waals surface area contributed by atoms with Gasteiger partial charge in [-0.2, -0.15) is 18.3 Å². The molecule has 2 N–H and O–H groups in total. The molecule has 0 spiro atoms. The van der Waals surface area contributed by atoms with Gasteiger partial charge in [0.1, 0.15) is 0 Å². The number of H-pyrrole nitrogens is 1. The van der Waals surface area contributed by atoms with E-state index in [2.05, 4.69) is 38.5 Å². The van der Waals surface area contributed by atoms with Crippen molar-refractivity contribution in [2.75, 3.05) is 25.5 Å². The zero-order chi connectivity index (χ0) is 22.2. The summed E-state index contributed by atoms with van der Waals surface area (Å²) in [5.41, 5.74) is 2.47. The molecule has 1 aromatic heterocycles. The quantitative estimate of drug-likeness (QED) is 0.542. The van der Waals surface area contributed by atoms with E-state index < -0.39 is 11.7 Å². The van der Waals surface area contributed by atoms with Gasteiger partial charge in [0.25, 0.3) is 0 Å². The molecule has 31 heavy (non-hydrogen) atoms. The third-order valence-electron chi connectivity index (χ3n) is 5.46. The van der Waals surface area contributed by atoms with Gasteiger partial charge in [-0.15, -0.1) is 0 Å². The maximum atomic E-state index is 12.9. The monoisotopic (exact) mass is 449 g/mol. The number of likely N-dealkylation sites (tertiary alicyclic amines) is 1. The summed E-state index contributed by atoms with van der Waals surface area (Å²) in [6.45, 7) is 4.14. The highest BCUT2D eigenvalue weighted by Crippen LogP contribution is 2.36. The molecule has 0 bridgehead atoms. The zero-order valence-corrected chi connectivity index (χ0v) is 18.0. The highest BCUT2D eigenvalue weighted by molar-refractivity contribution is 6.31. The molecule has 1 aliphatic rings. The molecule has 4 rings (SSSR count). The first kappa shape index (κ1) is 21.6. The van der Waals surface area contributed by atoms with Gasteiger partial charge in [-0.05, 0) is 75.8 Å². The van der Waals surface area contributed by atoms with Crippen LogP contribution in [0.5, 0.6) is 0 Å². The van der Waals surface area contributed by atoms with Crippen molar-refractivity contribution >= 4 is 17.3 Å². The standard InChI is InChI=1S/C22H23ClF3N5/c1-13-9-15(11-17(10-13)27-16-5-7-31(2)8-6-16)21-28-20(29-30-21)14-3-4-18(19(23)12-14)22(24,25)26/h3-4,9-12,16,27H,5-8H2,1-2H3,(H,28,29,30). The highest BCUT2D eigenvalue weighted by Gasteiger charge is 2.33. The number of aromatic nitrogens is 3. The lowest BCUT2D eigenvalue weighted by atomic mass is 10.0. The lowest BCUT2D eigenvalue weighted by molar-refractivity contribution is -0.137. The first-order valence-corrected chi connectivity index (χ1v) is 10.4. The summed E-state index contributed by atoms with van der Waals surface area (Å²) in [5.74, 6) is 0.832. The van der Waals surface area contributed by atoms with E-state index in [4.69, 9.17) is 11.6 Å². The average molecular weight is 450 g/mol. The van der Waals surface area contributed by atoms with Crippen molar-refractivity contribution in [1.82, 2.24) is 20.1 Å². The van der Waals surface area contributed by atoms with Crippen molar-refractivity contribution in [3.63, 3.8) is 0 Å². The number of piperidine rings is 1. The third-order valence-corrected chi connectivity index (χ3v) is 5.77. The number of alkyl halides is 3. The van der Waals surface area contributed by atoms with Gasteiger partial charge in [-0.1, -0.05) is 17.7 Å². The van der Waals surface area contributed by atoms with Crippen molar-refractivity contribution in [1.29, 1.82) is 0 Å². The summed E-state index contributed by atoms with van der Waals surface area (Å²) in [5, 5.41) is 10.3. The van der Waals surface area contributed by atoms with Crippen LogP contribution in [0.3, 0.4) is 0 Å². The number of rotatable bonds is 4. The van der Waals surface area contributed by atoms with Gasteiger partial charge >= 0.3 is 6.18 Å². The third kappa shape index (κ3) is 5.02. The van der Waals surface area contributed by atoms with Gasteiger partial charge in [-0.25, -0.2) is 4.98 Å². The summed E-state index contributed by atoms with van der Waals surface area (Å²) < 4.78 is 38.8. The number of hydrogen-bond acceptors (Lipinski definition) is 4. The Labute approximate surface area is 183 Å². The average Bonchev–Trinajstić information content (AvgIpc) is 3.19. The van der Waals surface area contributed by atoms with Crippen LogP contribution in [-0.4, -0.2) is 46.3 Å². The molecule has 9 heteroatoms. The molecule has 0 amide bonds. The van der Waals surface area contributed by atoms with Gasteiger partial charge in [0.2, 0.25) is 0 Å². The molecule has 0 unspecified atom stereocenters. The summed E-state index contributed by atoms with van der Waals surface area (Å²) >= 11 is 5.84. The topological polar surface area (TPSA) is 56.8 Å². The molecule has 164 valence electrons. The van der Waals surface area contributed by atoms with E-state index in [0.717, 1.165) is 48.8 Å². The second-order valence-corrected chi connectivity index (χ2v) is 8.42. The Bertz CT molecular complexity index is 1070. The Kier molecular flexibility index (Phi) is 5.94. The minimum Gasteiger partial charge on any atom is -0.382 e. The van der Waals surface area contributed by atoms with E-state index in [0.29, 0.717) is 23.3 Å². The largest absolute Gasteiger partial charge is 0.417 e. The molecule has 0 atom stereocenters. The number of aromatic amines is 1. The van der Waals surface area contributed by atoms with Crippen LogP contribution in [0.1, 0.15) is 24.0 Å². The number of nitrogens with one attached hydrogen (secondary N) is 2. The van der Waals surface area contributed by atoms with Crippen LogP contribution in [0, 0.1) is 6.92 Å². The fourth-order valence-corrected chi connectivity index (χ4v) is 4.08. The molecule has 0 aliphatic carbocycles. The minimum atomic E-state index is -4.50. The van der Waals surface area contributed by atoms with Gasteiger partial charge in [0.15, 0.2) is 11.6 Å². The molecular weight excluding hydrogens is 427 g/mol. The first-order chi connectivity index (χ1) is 14.7. The van der Waals surface area contributed by atoms with E-state index >= 15 is 0 Å². The molecule has 1 fully saturated rings. The Balaban J connectivity index is 1.56. The first-order valence-electron chi connectivity index (χ1n) is 10.1. The Morgan fingerprint density at radius 3 is 2.52 bits per heavy atom. The molecule has 1 saturated heterocycles. The fourth-order valence-electron chi connectivity index (χ4n) is 3.80. The fraction of sp³-hybridized carbons (Fsp3) is 0.364. The SMILES string of the molecule is Cc1cc(NC2CCN(C)CC2)cc(-c2n[nH]c(-c3ccc(C(F)(F)F)c(Cl)c3)n2)c1. The van der Waals surface area contributed by atoms with Gasteiger partial charge < -0.3 is 10.2 Å². The second kappa shape index (κ2) is 8.51. The van der Waals surface area contributed by atoms with E-state index in [-0.39, 0.29) is 5.02 Å². The van der Waals surface area contributed by atoms with Gasteiger partial charge in [-0.3, -0.25) is 5.10 Å².